The number of aromatic nitrogens is 1. The molecule has 0 atom stereocenters. The van der Waals surface area contributed by atoms with Gasteiger partial charge in [-0.1, -0.05) is 36.9 Å². The predicted molar refractivity (Wildman–Crippen MR) is 132 cm³/mol. The van der Waals surface area contributed by atoms with Crippen molar-refractivity contribution < 1.29 is 19.2 Å². The van der Waals surface area contributed by atoms with Gasteiger partial charge in [0.05, 0.1) is 6.61 Å². The van der Waals surface area contributed by atoms with Crippen molar-refractivity contribution in [1.82, 2.24) is 15.2 Å². The lowest BCUT2D eigenvalue weighted by Gasteiger charge is -2.14. The fraction of sp³-hybridized carbons (Fsp3) is 0.417. The molecule has 10 nitrogen and oxygen atoms in total. The summed E-state index contributed by atoms with van der Waals surface area (Å²) in [4.78, 5) is 16.1. The van der Waals surface area contributed by atoms with Crippen molar-refractivity contribution in [2.24, 2.45) is 5.10 Å². The van der Waals surface area contributed by atoms with E-state index in [0.717, 1.165) is 29.9 Å². The zero-order valence-electron chi connectivity index (χ0n) is 19.8. The van der Waals surface area contributed by atoms with Gasteiger partial charge in [-0.25, -0.2) is 15.1 Å². The standard InChI is InChI=1S/C15H18O3.C9H10ClN5O2/c1-3-5-7-16-10-13-9-15-14(17-11-18-15)8-12(13)6-4-2;10-8-2-1-7(5-12-8)6-14-4-3-11-9(14)13-15(16)17/h8-9H,4,6-7,10-11H2,1-2H3;1-2,5H,3-4,6H2,(H,11,13). The predicted octanol–water partition coefficient (Wildman–Crippen LogP) is 3.60. The van der Waals surface area contributed by atoms with Crippen molar-refractivity contribution in [3.05, 3.63) is 62.4 Å². The Morgan fingerprint density at radius 1 is 1.31 bits per heavy atom. The van der Waals surface area contributed by atoms with Gasteiger partial charge in [-0.2, -0.15) is 0 Å². The number of benzene rings is 1. The minimum atomic E-state index is -0.708. The highest BCUT2D eigenvalue weighted by Gasteiger charge is 2.21. The maximum absolute atomic E-state index is 10.3. The molecule has 186 valence electrons. The highest BCUT2D eigenvalue weighted by molar-refractivity contribution is 6.29. The maximum Gasteiger partial charge on any atom is 0.271 e. The molecule has 0 bridgehead atoms. The van der Waals surface area contributed by atoms with Crippen molar-refractivity contribution in [1.29, 1.82) is 0 Å². The smallest absolute Gasteiger partial charge is 0.271 e. The van der Waals surface area contributed by atoms with E-state index in [4.69, 9.17) is 25.8 Å². The summed E-state index contributed by atoms with van der Waals surface area (Å²) in [5.74, 6) is 7.65. The molecule has 2 aliphatic heterocycles. The molecule has 2 aromatic rings. The monoisotopic (exact) mass is 501 g/mol. The molecule has 4 rings (SSSR count). The largest absolute Gasteiger partial charge is 0.454 e. The van der Waals surface area contributed by atoms with Crippen LogP contribution in [0.15, 0.2) is 35.6 Å². The highest BCUT2D eigenvalue weighted by Crippen LogP contribution is 2.35. The van der Waals surface area contributed by atoms with Gasteiger partial charge in [0.25, 0.3) is 5.96 Å². The van der Waals surface area contributed by atoms with Crippen LogP contribution in [-0.4, -0.2) is 47.4 Å². The molecule has 1 saturated heterocycles. The number of hydrazone groups is 1. The number of ether oxygens (including phenoxy) is 3. The van der Waals surface area contributed by atoms with Crippen LogP contribution in [0.2, 0.25) is 5.15 Å². The first-order chi connectivity index (χ1) is 17.0. The van der Waals surface area contributed by atoms with Crippen LogP contribution in [0.5, 0.6) is 11.5 Å². The number of hydrogen-bond donors (Lipinski definition) is 1. The van der Waals surface area contributed by atoms with Gasteiger partial charge in [-0.3, -0.25) is 0 Å². The Morgan fingerprint density at radius 3 is 2.74 bits per heavy atom. The van der Waals surface area contributed by atoms with Crippen molar-refractivity contribution >= 4 is 17.6 Å². The number of nitrogens with zero attached hydrogens (tertiary/aromatic N) is 4. The van der Waals surface area contributed by atoms with E-state index < -0.39 is 5.03 Å². The van der Waals surface area contributed by atoms with Gasteiger partial charge in [0, 0.05) is 25.8 Å². The number of fused-ring (bicyclic) bond motifs is 1. The quantitative estimate of drug-likeness (QED) is 0.192. The molecule has 0 spiro atoms. The summed E-state index contributed by atoms with van der Waals surface area (Å²) in [6.07, 6.45) is 3.76. The number of halogens is 1. The summed E-state index contributed by atoms with van der Waals surface area (Å²) in [6.45, 7) is 7.17. The van der Waals surface area contributed by atoms with Crippen molar-refractivity contribution in [3.63, 3.8) is 0 Å². The Kier molecular flexibility index (Phi) is 9.95. The van der Waals surface area contributed by atoms with Crippen LogP contribution in [0.25, 0.3) is 0 Å². The molecule has 35 heavy (non-hydrogen) atoms. The van der Waals surface area contributed by atoms with Crippen molar-refractivity contribution in [3.8, 4) is 23.3 Å². The molecule has 1 N–H and O–H groups in total. The number of nitro groups is 1. The molecule has 0 amide bonds. The molecule has 3 heterocycles. The number of rotatable bonds is 8. The van der Waals surface area contributed by atoms with Crippen molar-refractivity contribution in [2.45, 2.75) is 39.8 Å². The van der Waals surface area contributed by atoms with E-state index in [2.05, 4.69) is 40.2 Å². The van der Waals surface area contributed by atoms with Crippen LogP contribution < -0.4 is 14.8 Å². The molecule has 1 fully saturated rings. The zero-order valence-corrected chi connectivity index (χ0v) is 20.5. The lowest BCUT2D eigenvalue weighted by molar-refractivity contribution is -0.485. The van der Waals surface area contributed by atoms with Gasteiger partial charge < -0.3 is 24.4 Å². The lowest BCUT2D eigenvalue weighted by Crippen LogP contribution is -2.30. The Labute approximate surface area is 209 Å². The van der Waals surface area contributed by atoms with Gasteiger partial charge in [-0.15, -0.1) is 5.92 Å². The summed E-state index contributed by atoms with van der Waals surface area (Å²) < 4.78 is 16.3. The van der Waals surface area contributed by atoms with Gasteiger partial charge in [0.15, 0.2) is 16.5 Å². The number of guanidine groups is 1. The first-order valence-corrected chi connectivity index (χ1v) is 11.6. The normalized spacial score (nSPS) is 14.6. The molecule has 1 aromatic heterocycles. The van der Waals surface area contributed by atoms with Gasteiger partial charge in [-0.05, 0) is 48.2 Å². The van der Waals surface area contributed by atoms with Crippen LogP contribution in [0.3, 0.4) is 0 Å². The molecule has 0 radical (unpaired) electrons. The molecule has 2 aliphatic rings. The van der Waals surface area contributed by atoms with E-state index in [1.165, 1.54) is 11.1 Å². The van der Waals surface area contributed by atoms with Gasteiger partial charge >= 0.3 is 0 Å². The molecule has 0 aliphatic carbocycles. The van der Waals surface area contributed by atoms with E-state index in [9.17, 15) is 10.1 Å². The third kappa shape index (κ3) is 8.02. The Bertz CT molecular complexity index is 1100. The van der Waals surface area contributed by atoms with Gasteiger partial charge in [0.2, 0.25) is 6.79 Å². The van der Waals surface area contributed by atoms with Crippen LogP contribution in [0.1, 0.15) is 37.0 Å². The summed E-state index contributed by atoms with van der Waals surface area (Å²) in [7, 11) is 0. The molecule has 11 heteroatoms. The molecular weight excluding hydrogens is 474 g/mol. The number of pyridine rings is 1. The second-order valence-electron chi connectivity index (χ2n) is 7.64. The summed E-state index contributed by atoms with van der Waals surface area (Å²) in [5.41, 5.74) is 3.36. The Hall–Kier alpha value is -3.55. The fourth-order valence-electron chi connectivity index (χ4n) is 3.52. The molecule has 1 aromatic carbocycles. The second-order valence-corrected chi connectivity index (χ2v) is 8.03. The van der Waals surface area contributed by atoms with E-state index in [-0.39, 0.29) is 5.96 Å². The first kappa shape index (κ1) is 26.1. The second kappa shape index (κ2) is 13.4. The van der Waals surface area contributed by atoms with E-state index in [1.807, 2.05) is 19.1 Å². The molecule has 0 unspecified atom stereocenters. The number of hydrogen-bond acceptors (Lipinski definition) is 6. The lowest BCUT2D eigenvalue weighted by atomic mass is 10.0. The van der Waals surface area contributed by atoms with Crippen LogP contribution in [0, 0.1) is 22.0 Å². The zero-order chi connectivity index (χ0) is 25.0. The minimum absolute atomic E-state index is 0.282. The van der Waals surface area contributed by atoms with Gasteiger partial charge in [0.1, 0.15) is 16.9 Å². The average molecular weight is 502 g/mol. The van der Waals surface area contributed by atoms with E-state index >= 15 is 0 Å². The highest BCUT2D eigenvalue weighted by atomic mass is 35.5. The fourth-order valence-corrected chi connectivity index (χ4v) is 3.63. The van der Waals surface area contributed by atoms with Crippen LogP contribution in [-0.2, 0) is 24.3 Å². The average Bonchev–Trinajstić information content (AvgIpc) is 3.47. The minimum Gasteiger partial charge on any atom is -0.454 e. The maximum atomic E-state index is 10.3. The number of aryl methyl sites for hydroxylation is 1. The number of nitrogens with one attached hydrogen (secondary N) is 1. The summed E-state index contributed by atoms with van der Waals surface area (Å²) in [5, 5.41) is 16.2. The first-order valence-electron chi connectivity index (χ1n) is 11.2. The molecular formula is C24H28ClN5O5. The SMILES string of the molecule is CC#CCOCc1cc2c(cc1CCC)OCO2.O=[N+]([O-])/N=C1\NCCN1Cc1ccc(Cl)nc1. The van der Waals surface area contributed by atoms with E-state index in [0.29, 0.717) is 44.8 Å². The van der Waals surface area contributed by atoms with Crippen LogP contribution >= 0.6 is 11.6 Å². The third-order valence-electron chi connectivity index (χ3n) is 5.13. The third-order valence-corrected chi connectivity index (χ3v) is 5.35. The summed E-state index contributed by atoms with van der Waals surface area (Å²) in [6, 6.07) is 7.60. The Morgan fingerprint density at radius 2 is 2.09 bits per heavy atom. The van der Waals surface area contributed by atoms with E-state index in [1.54, 1.807) is 17.2 Å². The topological polar surface area (TPSA) is 111 Å². The summed E-state index contributed by atoms with van der Waals surface area (Å²) >= 11 is 5.68. The molecule has 0 saturated carbocycles. The van der Waals surface area contributed by atoms with Crippen LogP contribution in [0.4, 0.5) is 0 Å². The Balaban J connectivity index is 0.000000196. The van der Waals surface area contributed by atoms with Crippen molar-refractivity contribution in [2.75, 3.05) is 26.5 Å².